The number of carbonyl (C=O) groups is 1. The second-order valence-corrected chi connectivity index (χ2v) is 6.43. The van der Waals surface area contributed by atoms with Crippen molar-refractivity contribution >= 4 is 5.91 Å². The summed E-state index contributed by atoms with van der Waals surface area (Å²) in [6, 6.07) is -0.369. The number of alkyl halides is 3. The van der Waals surface area contributed by atoms with Crippen molar-refractivity contribution in [1.82, 2.24) is 19.7 Å². The van der Waals surface area contributed by atoms with E-state index in [0.29, 0.717) is 12.1 Å². The Balaban J connectivity index is 1.67. The second-order valence-electron chi connectivity index (χ2n) is 6.43. The molecule has 0 spiro atoms. The number of hydrogen-bond donors (Lipinski definition) is 0. The molecule has 0 aliphatic carbocycles. The molecule has 0 saturated heterocycles. The second kappa shape index (κ2) is 7.79. The van der Waals surface area contributed by atoms with E-state index in [1.165, 1.54) is 4.90 Å². The number of nitroso groups, excluding NO2 is 1. The Bertz CT molecular complexity index is 945. The molecule has 1 unspecified atom stereocenters. The summed E-state index contributed by atoms with van der Waals surface area (Å²) in [5.41, 5.74) is -0.325. The molecule has 29 heavy (non-hydrogen) atoms. The highest BCUT2D eigenvalue weighted by molar-refractivity contribution is 5.77. The standard InChI is InChI=1S/C16H13F6N5O2/c17-10-6-12(19)11(18)4-8(10)3-9(25-29)5-14(28)26-1-2-27-13(7-26)23-24-15(27)16(20,21)22/h4,6,9H,1-3,5,7H2. The fourth-order valence-electron chi connectivity index (χ4n) is 3.03. The molecule has 1 amide bonds. The predicted octanol–water partition coefficient (Wildman–Crippen LogP) is 2.82. The topological polar surface area (TPSA) is 80.5 Å². The van der Waals surface area contributed by atoms with E-state index < -0.39 is 54.2 Å². The van der Waals surface area contributed by atoms with Gasteiger partial charge in [0.2, 0.25) is 11.7 Å². The van der Waals surface area contributed by atoms with Gasteiger partial charge in [-0.25, -0.2) is 13.2 Å². The number of halogens is 6. The number of fused-ring (bicyclic) bond motifs is 1. The van der Waals surface area contributed by atoms with Gasteiger partial charge in [0, 0.05) is 25.6 Å². The summed E-state index contributed by atoms with van der Waals surface area (Å²) in [5, 5.41) is 9.26. The Hall–Kier alpha value is -2.99. The summed E-state index contributed by atoms with van der Waals surface area (Å²) in [5.74, 6) is -5.65. The van der Waals surface area contributed by atoms with Crippen molar-refractivity contribution in [3.05, 3.63) is 51.7 Å². The summed E-state index contributed by atoms with van der Waals surface area (Å²) >= 11 is 0. The molecule has 0 bridgehead atoms. The molecule has 2 aromatic rings. The first-order valence-corrected chi connectivity index (χ1v) is 8.33. The summed E-state index contributed by atoms with van der Waals surface area (Å²) in [7, 11) is 0. The van der Waals surface area contributed by atoms with Crippen LogP contribution in [0.3, 0.4) is 0 Å². The maximum atomic E-state index is 13.7. The Morgan fingerprint density at radius 2 is 1.79 bits per heavy atom. The van der Waals surface area contributed by atoms with E-state index in [0.717, 1.165) is 4.57 Å². The Labute approximate surface area is 159 Å². The van der Waals surface area contributed by atoms with Crippen molar-refractivity contribution in [2.75, 3.05) is 6.54 Å². The minimum atomic E-state index is -4.68. The molecule has 0 N–H and O–H groups in total. The van der Waals surface area contributed by atoms with Crippen LogP contribution in [-0.2, 0) is 30.5 Å². The van der Waals surface area contributed by atoms with Crippen molar-refractivity contribution in [1.29, 1.82) is 0 Å². The molecule has 1 aromatic heterocycles. The van der Waals surface area contributed by atoms with E-state index >= 15 is 0 Å². The molecular formula is C16H13F6N5O2. The van der Waals surface area contributed by atoms with Crippen LogP contribution < -0.4 is 0 Å². The van der Waals surface area contributed by atoms with Gasteiger partial charge in [0.05, 0.1) is 13.0 Å². The molecule has 0 fully saturated rings. The van der Waals surface area contributed by atoms with E-state index in [1.54, 1.807) is 0 Å². The van der Waals surface area contributed by atoms with Crippen LogP contribution in [0, 0.1) is 22.4 Å². The normalized spacial score (nSPS) is 15.2. The molecule has 0 saturated carbocycles. The zero-order valence-electron chi connectivity index (χ0n) is 14.6. The van der Waals surface area contributed by atoms with Gasteiger partial charge in [-0.3, -0.25) is 4.79 Å². The van der Waals surface area contributed by atoms with E-state index in [1.807, 2.05) is 0 Å². The van der Waals surface area contributed by atoms with Crippen LogP contribution in [0.2, 0.25) is 0 Å². The minimum Gasteiger partial charge on any atom is -0.333 e. The lowest BCUT2D eigenvalue weighted by Crippen LogP contribution is -2.40. The molecule has 156 valence electrons. The molecular weight excluding hydrogens is 408 g/mol. The van der Waals surface area contributed by atoms with Gasteiger partial charge in [-0.1, -0.05) is 5.18 Å². The van der Waals surface area contributed by atoms with E-state index in [2.05, 4.69) is 15.4 Å². The molecule has 1 aliphatic rings. The lowest BCUT2D eigenvalue weighted by molar-refractivity contribution is -0.148. The molecule has 13 heteroatoms. The Morgan fingerprint density at radius 1 is 1.10 bits per heavy atom. The van der Waals surface area contributed by atoms with Crippen LogP contribution in [0.5, 0.6) is 0 Å². The van der Waals surface area contributed by atoms with Gasteiger partial charge in [-0.2, -0.15) is 18.1 Å². The van der Waals surface area contributed by atoms with Crippen LogP contribution in [0.4, 0.5) is 26.3 Å². The number of amides is 1. The van der Waals surface area contributed by atoms with Crippen molar-refractivity contribution in [2.24, 2.45) is 5.18 Å². The number of aromatic nitrogens is 3. The molecule has 2 heterocycles. The molecule has 1 atom stereocenters. The molecule has 3 rings (SSSR count). The van der Waals surface area contributed by atoms with Crippen molar-refractivity contribution in [3.8, 4) is 0 Å². The zero-order valence-corrected chi connectivity index (χ0v) is 14.6. The number of rotatable bonds is 5. The largest absolute Gasteiger partial charge is 0.451 e. The summed E-state index contributed by atoms with van der Waals surface area (Å²) in [6.07, 6.45) is -5.61. The summed E-state index contributed by atoms with van der Waals surface area (Å²) in [4.78, 5) is 24.6. The third-order valence-electron chi connectivity index (χ3n) is 4.46. The van der Waals surface area contributed by atoms with E-state index in [9.17, 15) is 36.0 Å². The van der Waals surface area contributed by atoms with Crippen molar-refractivity contribution < 1.29 is 31.1 Å². The number of hydrogen-bond acceptors (Lipinski definition) is 5. The molecule has 1 aliphatic heterocycles. The third-order valence-corrected chi connectivity index (χ3v) is 4.46. The number of nitrogens with zero attached hydrogens (tertiary/aromatic N) is 5. The first-order valence-electron chi connectivity index (χ1n) is 8.33. The van der Waals surface area contributed by atoms with Gasteiger partial charge < -0.3 is 9.47 Å². The maximum Gasteiger partial charge on any atom is 0.451 e. The molecule has 0 radical (unpaired) electrons. The summed E-state index contributed by atoms with van der Waals surface area (Å²) < 4.78 is 79.4. The fourth-order valence-corrected chi connectivity index (χ4v) is 3.03. The highest BCUT2D eigenvalue weighted by Gasteiger charge is 2.40. The maximum absolute atomic E-state index is 13.7. The minimum absolute atomic E-state index is 0.0702. The van der Waals surface area contributed by atoms with Gasteiger partial charge in [0.25, 0.3) is 0 Å². The van der Waals surface area contributed by atoms with Gasteiger partial charge >= 0.3 is 6.18 Å². The van der Waals surface area contributed by atoms with Crippen LogP contribution in [0.1, 0.15) is 23.6 Å². The lowest BCUT2D eigenvalue weighted by atomic mass is 10.0. The van der Waals surface area contributed by atoms with E-state index in [4.69, 9.17) is 0 Å². The first kappa shape index (κ1) is 20.7. The molecule has 7 nitrogen and oxygen atoms in total. The smallest absolute Gasteiger partial charge is 0.333 e. The number of benzene rings is 1. The highest BCUT2D eigenvalue weighted by atomic mass is 19.4. The molecule has 1 aromatic carbocycles. The SMILES string of the molecule is O=NC(CC(=O)N1CCn2c(nnc2C(F)(F)F)C1)Cc1cc(F)c(F)cc1F. The lowest BCUT2D eigenvalue weighted by Gasteiger charge is -2.28. The van der Waals surface area contributed by atoms with Gasteiger partial charge in [-0.05, 0) is 11.6 Å². The van der Waals surface area contributed by atoms with Gasteiger partial charge in [0.1, 0.15) is 11.9 Å². The monoisotopic (exact) mass is 421 g/mol. The van der Waals surface area contributed by atoms with Crippen molar-refractivity contribution in [3.63, 3.8) is 0 Å². The predicted molar refractivity (Wildman–Crippen MR) is 84.7 cm³/mol. The van der Waals surface area contributed by atoms with Crippen LogP contribution >= 0.6 is 0 Å². The van der Waals surface area contributed by atoms with Crippen LogP contribution in [0.25, 0.3) is 0 Å². The van der Waals surface area contributed by atoms with E-state index in [-0.39, 0.29) is 31.0 Å². The number of carbonyl (C=O) groups excluding carboxylic acids is 1. The Kier molecular flexibility index (Phi) is 5.57. The summed E-state index contributed by atoms with van der Waals surface area (Å²) in [6.45, 7) is -0.537. The van der Waals surface area contributed by atoms with Crippen molar-refractivity contribution in [2.45, 2.75) is 38.1 Å². The average Bonchev–Trinajstić information content (AvgIpc) is 3.08. The van der Waals surface area contributed by atoms with Gasteiger partial charge in [0.15, 0.2) is 17.5 Å². The van der Waals surface area contributed by atoms with Crippen LogP contribution in [0.15, 0.2) is 17.3 Å². The third kappa shape index (κ3) is 4.38. The zero-order chi connectivity index (χ0) is 21.3. The van der Waals surface area contributed by atoms with Crippen LogP contribution in [-0.4, -0.2) is 38.2 Å². The Morgan fingerprint density at radius 3 is 2.45 bits per heavy atom. The highest BCUT2D eigenvalue weighted by Crippen LogP contribution is 2.29. The average molecular weight is 421 g/mol. The van der Waals surface area contributed by atoms with Gasteiger partial charge in [-0.15, -0.1) is 10.2 Å². The fraction of sp³-hybridized carbons (Fsp3) is 0.438. The first-order chi connectivity index (χ1) is 13.6. The quantitative estimate of drug-likeness (QED) is 0.423.